The first kappa shape index (κ1) is 21.8. The summed E-state index contributed by atoms with van der Waals surface area (Å²) in [6.45, 7) is 3.71. The van der Waals surface area contributed by atoms with Crippen molar-refractivity contribution in [3.8, 4) is 0 Å². The Morgan fingerprint density at radius 3 is 2.23 bits per heavy atom. The molecule has 0 aromatic heterocycles. The van der Waals surface area contributed by atoms with Crippen LogP contribution in [0.3, 0.4) is 0 Å². The van der Waals surface area contributed by atoms with Crippen LogP contribution in [0.4, 0.5) is 5.69 Å². The predicted molar refractivity (Wildman–Crippen MR) is 119 cm³/mol. The second kappa shape index (κ2) is 9.30. The minimum absolute atomic E-state index is 0.185. The number of benzene rings is 2. The van der Waals surface area contributed by atoms with Crippen molar-refractivity contribution in [2.75, 3.05) is 24.7 Å². The van der Waals surface area contributed by atoms with E-state index >= 15 is 0 Å². The first-order valence-electron chi connectivity index (χ1n) is 9.91. The number of aryl methyl sites for hydroxylation is 1. The molecule has 0 bridgehead atoms. The summed E-state index contributed by atoms with van der Waals surface area (Å²) in [7, 11) is -1.51. The van der Waals surface area contributed by atoms with Gasteiger partial charge in [-0.25, -0.2) is 8.42 Å². The fraction of sp³-hybridized carbons (Fsp3) is 0.364. The molecule has 0 aliphatic carbocycles. The maximum absolute atomic E-state index is 11.9. The van der Waals surface area contributed by atoms with Crippen LogP contribution in [0.1, 0.15) is 29.5 Å². The molecule has 3 rings (SSSR count). The molecule has 0 saturated carbocycles. The SMILES string of the molecule is CN=C(NCc1ccc(N2CCCC2=O)cc1)NCc1ccc(S(C)(=O)=O)c(C)c1. The number of aliphatic imine (C=N–C) groups is 1. The number of sulfone groups is 1. The molecule has 0 spiro atoms. The predicted octanol–water partition coefficient (Wildman–Crippen LogP) is 2.39. The van der Waals surface area contributed by atoms with E-state index in [1.807, 2.05) is 41.3 Å². The zero-order valence-corrected chi connectivity index (χ0v) is 18.4. The Labute approximate surface area is 178 Å². The van der Waals surface area contributed by atoms with E-state index in [1.54, 1.807) is 20.0 Å². The van der Waals surface area contributed by atoms with Gasteiger partial charge in [0.1, 0.15) is 0 Å². The van der Waals surface area contributed by atoms with Crippen LogP contribution in [0.5, 0.6) is 0 Å². The topological polar surface area (TPSA) is 90.9 Å². The van der Waals surface area contributed by atoms with Gasteiger partial charge in [0.25, 0.3) is 0 Å². The van der Waals surface area contributed by atoms with Crippen molar-refractivity contribution in [1.82, 2.24) is 10.6 Å². The molecule has 8 heteroatoms. The third-order valence-corrected chi connectivity index (χ3v) is 6.36. The molecule has 0 radical (unpaired) electrons. The molecule has 1 aliphatic heterocycles. The lowest BCUT2D eigenvalue weighted by molar-refractivity contribution is -0.117. The molecule has 2 aromatic rings. The standard InChI is InChI=1S/C22H28N4O3S/c1-16-13-18(8-11-20(16)30(3,28)29)15-25-22(23-2)24-14-17-6-9-19(10-7-17)26-12-4-5-21(26)27/h6-11,13H,4-5,12,14-15H2,1-3H3,(H2,23,24,25). The lowest BCUT2D eigenvalue weighted by atomic mass is 10.1. The Morgan fingerprint density at radius 2 is 1.70 bits per heavy atom. The summed E-state index contributed by atoms with van der Waals surface area (Å²) in [6, 6.07) is 13.3. The maximum Gasteiger partial charge on any atom is 0.227 e. The van der Waals surface area contributed by atoms with Crippen LogP contribution >= 0.6 is 0 Å². The Kier molecular flexibility index (Phi) is 6.77. The Hall–Kier alpha value is -2.87. The summed E-state index contributed by atoms with van der Waals surface area (Å²) >= 11 is 0. The normalized spacial score (nSPS) is 14.8. The van der Waals surface area contributed by atoms with Gasteiger partial charge < -0.3 is 15.5 Å². The highest BCUT2D eigenvalue weighted by Gasteiger charge is 2.21. The van der Waals surface area contributed by atoms with Crippen LogP contribution in [0.25, 0.3) is 0 Å². The highest BCUT2D eigenvalue weighted by atomic mass is 32.2. The van der Waals surface area contributed by atoms with Gasteiger partial charge in [0.15, 0.2) is 15.8 Å². The van der Waals surface area contributed by atoms with E-state index in [2.05, 4.69) is 15.6 Å². The van der Waals surface area contributed by atoms with Crippen LogP contribution in [0.2, 0.25) is 0 Å². The van der Waals surface area contributed by atoms with Crippen molar-refractivity contribution in [2.45, 2.75) is 37.8 Å². The maximum atomic E-state index is 11.9. The molecule has 0 atom stereocenters. The molecule has 2 aromatic carbocycles. The van der Waals surface area contributed by atoms with Crippen molar-refractivity contribution in [2.24, 2.45) is 4.99 Å². The van der Waals surface area contributed by atoms with Crippen LogP contribution in [-0.2, 0) is 27.7 Å². The van der Waals surface area contributed by atoms with Gasteiger partial charge in [-0.15, -0.1) is 0 Å². The van der Waals surface area contributed by atoms with Crippen LogP contribution in [0.15, 0.2) is 52.4 Å². The average molecular weight is 429 g/mol. The summed E-state index contributed by atoms with van der Waals surface area (Å²) in [5, 5.41) is 6.51. The highest BCUT2D eigenvalue weighted by molar-refractivity contribution is 7.90. The van der Waals surface area contributed by atoms with Gasteiger partial charge in [-0.3, -0.25) is 9.79 Å². The Bertz CT molecular complexity index is 1050. The van der Waals surface area contributed by atoms with Crippen LogP contribution in [-0.4, -0.2) is 40.1 Å². The largest absolute Gasteiger partial charge is 0.352 e. The minimum atomic E-state index is -3.22. The Balaban J connectivity index is 1.54. The molecule has 1 heterocycles. The number of amides is 1. The molecule has 160 valence electrons. The van der Waals surface area contributed by atoms with Gasteiger partial charge >= 0.3 is 0 Å². The van der Waals surface area contributed by atoms with Gasteiger partial charge in [-0.1, -0.05) is 24.3 Å². The lowest BCUT2D eigenvalue weighted by Gasteiger charge is -2.16. The number of rotatable bonds is 6. The molecule has 2 N–H and O–H groups in total. The zero-order chi connectivity index (χ0) is 21.7. The molecular weight excluding hydrogens is 400 g/mol. The molecule has 30 heavy (non-hydrogen) atoms. The van der Waals surface area contributed by atoms with Gasteiger partial charge in [0, 0.05) is 45.0 Å². The summed E-state index contributed by atoms with van der Waals surface area (Å²) in [6.07, 6.45) is 2.76. The van der Waals surface area contributed by atoms with Crippen molar-refractivity contribution >= 4 is 27.4 Å². The smallest absolute Gasteiger partial charge is 0.227 e. The zero-order valence-electron chi connectivity index (χ0n) is 17.6. The molecular formula is C22H28N4O3S. The Morgan fingerprint density at radius 1 is 1.07 bits per heavy atom. The molecule has 7 nitrogen and oxygen atoms in total. The lowest BCUT2D eigenvalue weighted by Crippen LogP contribution is -2.36. The van der Waals surface area contributed by atoms with Crippen LogP contribution in [0, 0.1) is 6.92 Å². The number of carbonyl (C=O) groups is 1. The van der Waals surface area contributed by atoms with E-state index in [9.17, 15) is 13.2 Å². The number of anilines is 1. The first-order valence-corrected chi connectivity index (χ1v) is 11.8. The number of hydrogen-bond acceptors (Lipinski definition) is 4. The molecule has 1 fully saturated rings. The van der Waals surface area contributed by atoms with E-state index < -0.39 is 9.84 Å². The second-order valence-electron chi connectivity index (χ2n) is 7.47. The number of nitrogens with zero attached hydrogens (tertiary/aromatic N) is 2. The van der Waals surface area contributed by atoms with Gasteiger partial charge in [-0.2, -0.15) is 0 Å². The first-order chi connectivity index (χ1) is 14.3. The number of nitrogens with one attached hydrogen (secondary N) is 2. The van der Waals surface area contributed by atoms with E-state index in [-0.39, 0.29) is 5.91 Å². The highest BCUT2D eigenvalue weighted by Crippen LogP contribution is 2.21. The van der Waals surface area contributed by atoms with Crippen molar-refractivity contribution in [1.29, 1.82) is 0 Å². The number of hydrogen-bond donors (Lipinski definition) is 2. The van der Waals surface area contributed by atoms with E-state index in [0.717, 1.165) is 35.3 Å². The second-order valence-corrected chi connectivity index (χ2v) is 9.45. The minimum Gasteiger partial charge on any atom is -0.352 e. The number of carbonyl (C=O) groups excluding carboxylic acids is 1. The van der Waals surface area contributed by atoms with E-state index in [1.165, 1.54) is 6.26 Å². The molecule has 1 saturated heterocycles. The van der Waals surface area contributed by atoms with Crippen molar-refractivity contribution in [3.63, 3.8) is 0 Å². The van der Waals surface area contributed by atoms with Crippen molar-refractivity contribution < 1.29 is 13.2 Å². The molecule has 1 aliphatic rings. The molecule has 0 unspecified atom stereocenters. The van der Waals surface area contributed by atoms with Gasteiger partial charge in [0.05, 0.1) is 4.90 Å². The molecule has 1 amide bonds. The third kappa shape index (κ3) is 5.38. The van der Waals surface area contributed by atoms with Gasteiger partial charge in [0.2, 0.25) is 5.91 Å². The van der Waals surface area contributed by atoms with E-state index in [0.29, 0.717) is 30.4 Å². The van der Waals surface area contributed by atoms with E-state index in [4.69, 9.17) is 0 Å². The monoisotopic (exact) mass is 428 g/mol. The van der Waals surface area contributed by atoms with Gasteiger partial charge in [-0.05, 0) is 48.2 Å². The average Bonchev–Trinajstić information content (AvgIpc) is 3.13. The number of guanidine groups is 1. The summed E-state index contributed by atoms with van der Waals surface area (Å²) in [5.41, 5.74) is 3.73. The summed E-state index contributed by atoms with van der Waals surface area (Å²) < 4.78 is 23.5. The fourth-order valence-electron chi connectivity index (χ4n) is 3.54. The summed E-state index contributed by atoms with van der Waals surface area (Å²) in [5.74, 6) is 0.837. The summed E-state index contributed by atoms with van der Waals surface area (Å²) in [4.78, 5) is 18.3. The van der Waals surface area contributed by atoms with Crippen molar-refractivity contribution in [3.05, 3.63) is 59.2 Å². The quantitative estimate of drug-likeness (QED) is 0.545. The van der Waals surface area contributed by atoms with Crippen LogP contribution < -0.4 is 15.5 Å². The third-order valence-electron chi connectivity index (χ3n) is 5.10. The fourth-order valence-corrected chi connectivity index (χ4v) is 4.50.